The summed E-state index contributed by atoms with van der Waals surface area (Å²) in [6.45, 7) is 1.66. The maximum absolute atomic E-state index is 13.0. The Morgan fingerprint density at radius 1 is 1.32 bits per heavy atom. The molecule has 25 heavy (non-hydrogen) atoms. The fourth-order valence-corrected chi connectivity index (χ4v) is 3.24. The Labute approximate surface area is 149 Å². The van der Waals surface area contributed by atoms with E-state index in [1.807, 2.05) is 24.3 Å². The summed E-state index contributed by atoms with van der Waals surface area (Å²) in [5.41, 5.74) is 0.842. The summed E-state index contributed by atoms with van der Waals surface area (Å²) in [6, 6.07) is 9.37. The molecule has 1 saturated heterocycles. The van der Waals surface area contributed by atoms with E-state index in [2.05, 4.69) is 20.2 Å². The minimum Gasteiger partial charge on any atom is -0.497 e. The SMILES string of the molecule is COc1cccc(N2CCC(Nc3cc(C(F)F)nc(SC)n3)C2)c1. The number of halogens is 2. The highest BCUT2D eigenvalue weighted by Crippen LogP contribution is 2.27. The molecule has 1 unspecified atom stereocenters. The van der Waals surface area contributed by atoms with Gasteiger partial charge in [0.2, 0.25) is 0 Å². The van der Waals surface area contributed by atoms with Gasteiger partial charge >= 0.3 is 0 Å². The Hall–Kier alpha value is -2.09. The van der Waals surface area contributed by atoms with Crippen molar-refractivity contribution in [3.05, 3.63) is 36.0 Å². The number of nitrogens with zero attached hydrogens (tertiary/aromatic N) is 3. The van der Waals surface area contributed by atoms with Crippen LogP contribution in [-0.4, -0.2) is 42.5 Å². The number of rotatable bonds is 6. The highest BCUT2D eigenvalue weighted by Gasteiger charge is 2.24. The number of anilines is 2. The lowest BCUT2D eigenvalue weighted by Gasteiger charge is -2.20. The molecule has 5 nitrogen and oxygen atoms in total. The summed E-state index contributed by atoms with van der Waals surface area (Å²) < 4.78 is 31.2. The lowest BCUT2D eigenvalue weighted by Crippen LogP contribution is -2.26. The van der Waals surface area contributed by atoms with Gasteiger partial charge in [-0.3, -0.25) is 0 Å². The van der Waals surface area contributed by atoms with Gasteiger partial charge in [-0.15, -0.1) is 0 Å². The molecule has 1 aliphatic heterocycles. The Morgan fingerprint density at radius 3 is 2.88 bits per heavy atom. The molecular weight excluding hydrogens is 346 g/mol. The quantitative estimate of drug-likeness (QED) is 0.619. The van der Waals surface area contributed by atoms with Crippen LogP contribution in [0.5, 0.6) is 5.75 Å². The van der Waals surface area contributed by atoms with Crippen LogP contribution >= 0.6 is 11.8 Å². The van der Waals surface area contributed by atoms with E-state index < -0.39 is 6.43 Å². The van der Waals surface area contributed by atoms with Gasteiger partial charge in [-0.25, -0.2) is 18.7 Å². The van der Waals surface area contributed by atoms with E-state index in [4.69, 9.17) is 4.74 Å². The number of ether oxygens (including phenoxy) is 1. The Kier molecular flexibility index (Phi) is 5.57. The third-order valence-corrected chi connectivity index (χ3v) is 4.64. The molecule has 1 aromatic heterocycles. The van der Waals surface area contributed by atoms with Crippen molar-refractivity contribution in [2.75, 3.05) is 36.7 Å². The molecule has 2 heterocycles. The molecule has 0 bridgehead atoms. The monoisotopic (exact) mass is 366 g/mol. The van der Waals surface area contributed by atoms with Crippen molar-refractivity contribution >= 4 is 23.3 Å². The molecule has 8 heteroatoms. The van der Waals surface area contributed by atoms with Crippen molar-refractivity contribution in [1.29, 1.82) is 0 Å². The molecule has 0 aliphatic carbocycles. The average molecular weight is 366 g/mol. The van der Waals surface area contributed by atoms with Gasteiger partial charge in [-0.05, 0) is 24.8 Å². The van der Waals surface area contributed by atoms with E-state index >= 15 is 0 Å². The third kappa shape index (κ3) is 4.31. The fraction of sp³-hybridized carbons (Fsp3) is 0.412. The highest BCUT2D eigenvalue weighted by molar-refractivity contribution is 7.98. The Balaban J connectivity index is 1.69. The first-order chi connectivity index (χ1) is 12.1. The number of thioether (sulfide) groups is 1. The van der Waals surface area contributed by atoms with Crippen molar-refractivity contribution in [2.45, 2.75) is 24.0 Å². The molecule has 0 saturated carbocycles. The zero-order valence-electron chi connectivity index (χ0n) is 14.1. The number of aromatic nitrogens is 2. The summed E-state index contributed by atoms with van der Waals surface area (Å²) in [5, 5.41) is 3.62. The second-order valence-corrected chi connectivity index (χ2v) is 6.52. The van der Waals surface area contributed by atoms with Crippen LogP contribution in [0.2, 0.25) is 0 Å². The Morgan fingerprint density at radius 2 is 2.16 bits per heavy atom. The fourth-order valence-electron chi connectivity index (χ4n) is 2.85. The van der Waals surface area contributed by atoms with Crippen LogP contribution in [0, 0.1) is 0 Å². The summed E-state index contributed by atoms with van der Waals surface area (Å²) >= 11 is 1.25. The number of hydrogen-bond donors (Lipinski definition) is 1. The molecule has 0 amide bonds. The minimum atomic E-state index is -2.61. The summed E-state index contributed by atoms with van der Waals surface area (Å²) in [4.78, 5) is 10.4. The minimum absolute atomic E-state index is 0.140. The number of nitrogens with one attached hydrogen (secondary N) is 1. The zero-order valence-corrected chi connectivity index (χ0v) is 14.9. The molecule has 134 valence electrons. The van der Waals surface area contributed by atoms with Crippen molar-refractivity contribution in [3.8, 4) is 5.75 Å². The van der Waals surface area contributed by atoms with Gasteiger partial charge in [0.1, 0.15) is 17.3 Å². The molecule has 1 N–H and O–H groups in total. The van der Waals surface area contributed by atoms with Crippen LogP contribution in [0.3, 0.4) is 0 Å². The van der Waals surface area contributed by atoms with Crippen LogP contribution in [0.15, 0.2) is 35.5 Å². The van der Waals surface area contributed by atoms with Gasteiger partial charge in [0.05, 0.1) is 7.11 Å². The lowest BCUT2D eigenvalue weighted by molar-refractivity contribution is 0.145. The second kappa shape index (κ2) is 7.86. The van der Waals surface area contributed by atoms with Crippen LogP contribution in [-0.2, 0) is 0 Å². The average Bonchev–Trinajstić information content (AvgIpc) is 3.09. The first kappa shape index (κ1) is 17.7. The second-order valence-electron chi connectivity index (χ2n) is 5.74. The van der Waals surface area contributed by atoms with Gasteiger partial charge in [0, 0.05) is 37.0 Å². The van der Waals surface area contributed by atoms with E-state index in [9.17, 15) is 8.78 Å². The molecule has 0 spiro atoms. The number of hydrogen-bond acceptors (Lipinski definition) is 6. The van der Waals surface area contributed by atoms with E-state index in [-0.39, 0.29) is 11.7 Å². The van der Waals surface area contributed by atoms with Crippen LogP contribution < -0.4 is 15.0 Å². The standard InChI is InChI=1S/C17H20F2N4OS/c1-24-13-5-3-4-12(8-13)23-7-6-11(10-23)20-15-9-14(16(18)19)21-17(22-15)25-2/h3-5,8-9,11,16H,6-7,10H2,1-2H3,(H,20,21,22). The summed E-state index contributed by atoms with van der Waals surface area (Å²) in [7, 11) is 1.65. The highest BCUT2D eigenvalue weighted by atomic mass is 32.2. The van der Waals surface area contributed by atoms with Gasteiger partial charge in [-0.2, -0.15) is 0 Å². The van der Waals surface area contributed by atoms with E-state index in [1.54, 1.807) is 13.4 Å². The lowest BCUT2D eigenvalue weighted by atomic mass is 10.2. The first-order valence-corrected chi connectivity index (χ1v) is 9.18. The van der Waals surface area contributed by atoms with Crippen molar-refractivity contribution in [2.24, 2.45) is 0 Å². The number of benzene rings is 1. The molecule has 1 fully saturated rings. The van der Waals surface area contributed by atoms with E-state index in [0.29, 0.717) is 11.0 Å². The van der Waals surface area contributed by atoms with E-state index in [1.165, 1.54) is 17.8 Å². The van der Waals surface area contributed by atoms with Gasteiger partial charge in [-0.1, -0.05) is 17.8 Å². The van der Waals surface area contributed by atoms with Gasteiger partial charge < -0.3 is 15.0 Å². The van der Waals surface area contributed by atoms with Crippen LogP contribution in [0.4, 0.5) is 20.3 Å². The zero-order chi connectivity index (χ0) is 17.8. The Bertz CT molecular complexity index is 732. The largest absolute Gasteiger partial charge is 0.497 e. The van der Waals surface area contributed by atoms with Gasteiger partial charge in [0.15, 0.2) is 5.16 Å². The molecule has 1 atom stereocenters. The van der Waals surface area contributed by atoms with Crippen molar-refractivity contribution < 1.29 is 13.5 Å². The first-order valence-electron chi connectivity index (χ1n) is 7.95. The molecule has 1 aliphatic rings. The van der Waals surface area contributed by atoms with Crippen LogP contribution in [0.1, 0.15) is 18.5 Å². The van der Waals surface area contributed by atoms with E-state index in [0.717, 1.165) is 30.9 Å². The maximum atomic E-state index is 13.0. The number of alkyl halides is 2. The van der Waals surface area contributed by atoms with Crippen molar-refractivity contribution in [1.82, 2.24) is 9.97 Å². The molecule has 1 aromatic carbocycles. The van der Waals surface area contributed by atoms with Gasteiger partial charge in [0.25, 0.3) is 6.43 Å². The smallest absolute Gasteiger partial charge is 0.280 e. The molecule has 2 aromatic rings. The molecule has 0 radical (unpaired) electrons. The van der Waals surface area contributed by atoms with Crippen LogP contribution in [0.25, 0.3) is 0 Å². The molecule has 3 rings (SSSR count). The number of methoxy groups -OCH3 is 1. The summed E-state index contributed by atoms with van der Waals surface area (Å²) in [6.07, 6.45) is 0.0696. The van der Waals surface area contributed by atoms with Crippen molar-refractivity contribution in [3.63, 3.8) is 0 Å². The molecular formula is C17H20F2N4OS. The summed E-state index contributed by atoms with van der Waals surface area (Å²) in [5.74, 6) is 1.27. The normalized spacial score (nSPS) is 17.2. The predicted octanol–water partition coefficient (Wildman–Crippen LogP) is 3.84. The predicted molar refractivity (Wildman–Crippen MR) is 96.0 cm³/mol. The topological polar surface area (TPSA) is 50.3 Å². The maximum Gasteiger partial charge on any atom is 0.280 e. The third-order valence-electron chi connectivity index (χ3n) is 4.09.